The van der Waals surface area contributed by atoms with Gasteiger partial charge in [0.2, 0.25) is 0 Å². The zero-order chi connectivity index (χ0) is 14.5. The van der Waals surface area contributed by atoms with E-state index in [9.17, 15) is 10.1 Å². The van der Waals surface area contributed by atoms with Crippen molar-refractivity contribution in [2.75, 3.05) is 0 Å². The van der Waals surface area contributed by atoms with Gasteiger partial charge in [-0.1, -0.05) is 30.9 Å². The summed E-state index contributed by atoms with van der Waals surface area (Å²) in [6.07, 6.45) is 6.45. The van der Waals surface area contributed by atoms with Gasteiger partial charge in [-0.15, -0.1) is 0 Å². The van der Waals surface area contributed by atoms with E-state index >= 15 is 0 Å². The van der Waals surface area contributed by atoms with Crippen LogP contribution in [0.1, 0.15) is 44.6 Å². The van der Waals surface area contributed by atoms with Crippen LogP contribution in [0.2, 0.25) is 5.02 Å². The molecule has 1 aliphatic rings. The standard InChI is InChI=1S/C15H21ClN2O2/c1-11(12-5-3-2-4-6-12)17-10-13-9-14(16)7-8-15(13)18(19)20/h7-9,11-12,17H,2-6,10H2,1H3. The zero-order valence-electron chi connectivity index (χ0n) is 11.8. The summed E-state index contributed by atoms with van der Waals surface area (Å²) in [5.41, 5.74) is 0.794. The van der Waals surface area contributed by atoms with Gasteiger partial charge in [0.1, 0.15) is 0 Å². The van der Waals surface area contributed by atoms with Crippen LogP contribution in [0.5, 0.6) is 0 Å². The summed E-state index contributed by atoms with van der Waals surface area (Å²) in [7, 11) is 0. The second kappa shape index (κ2) is 7.04. The summed E-state index contributed by atoms with van der Waals surface area (Å²) in [4.78, 5) is 10.7. The summed E-state index contributed by atoms with van der Waals surface area (Å²) < 4.78 is 0. The van der Waals surface area contributed by atoms with Crippen LogP contribution in [0.3, 0.4) is 0 Å². The van der Waals surface area contributed by atoms with Crippen molar-refractivity contribution in [2.45, 2.75) is 51.6 Å². The number of benzene rings is 1. The Hall–Kier alpha value is -1.13. The zero-order valence-corrected chi connectivity index (χ0v) is 12.5. The van der Waals surface area contributed by atoms with Gasteiger partial charge in [-0.25, -0.2) is 0 Å². The quantitative estimate of drug-likeness (QED) is 0.651. The Balaban J connectivity index is 1.99. The van der Waals surface area contributed by atoms with Crippen molar-refractivity contribution in [3.05, 3.63) is 38.9 Å². The first-order chi connectivity index (χ1) is 9.58. The second-order valence-corrected chi connectivity index (χ2v) is 6.03. The Morgan fingerprint density at radius 1 is 1.40 bits per heavy atom. The fourth-order valence-electron chi connectivity index (χ4n) is 2.95. The maximum Gasteiger partial charge on any atom is 0.273 e. The number of nitrogens with one attached hydrogen (secondary N) is 1. The predicted molar refractivity (Wildman–Crippen MR) is 81.0 cm³/mol. The molecule has 0 saturated heterocycles. The Kier molecular flexibility index (Phi) is 5.38. The highest BCUT2D eigenvalue weighted by molar-refractivity contribution is 6.30. The molecule has 1 fully saturated rings. The number of hydrogen-bond acceptors (Lipinski definition) is 3. The number of hydrogen-bond donors (Lipinski definition) is 1. The molecule has 5 heteroatoms. The van der Waals surface area contributed by atoms with E-state index in [1.807, 2.05) is 0 Å². The monoisotopic (exact) mass is 296 g/mol. The van der Waals surface area contributed by atoms with Crippen molar-refractivity contribution >= 4 is 17.3 Å². The highest BCUT2D eigenvalue weighted by Gasteiger charge is 2.21. The normalized spacial score (nSPS) is 17.9. The van der Waals surface area contributed by atoms with Crippen LogP contribution in [0.4, 0.5) is 5.69 Å². The molecule has 110 valence electrons. The predicted octanol–water partition coefficient (Wildman–Crippen LogP) is 4.31. The molecule has 1 saturated carbocycles. The number of nitro groups is 1. The van der Waals surface area contributed by atoms with Crippen molar-refractivity contribution in [3.8, 4) is 0 Å². The van der Waals surface area contributed by atoms with Crippen molar-refractivity contribution in [1.82, 2.24) is 5.32 Å². The molecule has 1 unspecified atom stereocenters. The van der Waals surface area contributed by atoms with Gasteiger partial charge in [-0.05, 0) is 37.8 Å². The number of halogens is 1. The molecule has 1 atom stereocenters. The highest BCUT2D eigenvalue weighted by atomic mass is 35.5. The first-order valence-corrected chi connectivity index (χ1v) is 7.62. The molecular weight excluding hydrogens is 276 g/mol. The van der Waals surface area contributed by atoms with E-state index in [0.717, 1.165) is 0 Å². The van der Waals surface area contributed by atoms with Crippen LogP contribution in [0.15, 0.2) is 18.2 Å². The molecule has 0 heterocycles. The molecule has 0 spiro atoms. The smallest absolute Gasteiger partial charge is 0.273 e. The molecule has 4 nitrogen and oxygen atoms in total. The van der Waals surface area contributed by atoms with Gasteiger partial charge in [0.15, 0.2) is 0 Å². The van der Waals surface area contributed by atoms with Gasteiger partial charge in [0.05, 0.1) is 4.92 Å². The average molecular weight is 297 g/mol. The van der Waals surface area contributed by atoms with E-state index in [1.165, 1.54) is 38.2 Å². The lowest BCUT2D eigenvalue weighted by molar-refractivity contribution is -0.385. The Bertz CT molecular complexity index is 473. The minimum atomic E-state index is -0.349. The molecule has 2 rings (SSSR count). The minimum absolute atomic E-state index is 0.137. The fourth-order valence-corrected chi connectivity index (χ4v) is 3.14. The third kappa shape index (κ3) is 3.93. The van der Waals surface area contributed by atoms with Crippen LogP contribution in [0.25, 0.3) is 0 Å². The summed E-state index contributed by atoms with van der Waals surface area (Å²) in [5.74, 6) is 0.682. The highest BCUT2D eigenvalue weighted by Crippen LogP contribution is 2.27. The number of nitrogens with zero attached hydrogens (tertiary/aromatic N) is 1. The Morgan fingerprint density at radius 3 is 2.75 bits per heavy atom. The number of rotatable bonds is 5. The lowest BCUT2D eigenvalue weighted by Crippen LogP contribution is -2.34. The molecule has 1 aliphatic carbocycles. The Morgan fingerprint density at radius 2 is 2.10 bits per heavy atom. The molecule has 0 aromatic heterocycles. The maximum absolute atomic E-state index is 11.0. The molecule has 0 bridgehead atoms. The van der Waals surface area contributed by atoms with E-state index in [4.69, 9.17) is 11.6 Å². The lowest BCUT2D eigenvalue weighted by atomic mass is 9.84. The van der Waals surface area contributed by atoms with E-state index < -0.39 is 0 Å². The van der Waals surface area contributed by atoms with Gasteiger partial charge in [-0.2, -0.15) is 0 Å². The molecular formula is C15H21ClN2O2. The molecule has 1 aromatic carbocycles. The second-order valence-electron chi connectivity index (χ2n) is 5.60. The molecule has 20 heavy (non-hydrogen) atoms. The topological polar surface area (TPSA) is 55.2 Å². The summed E-state index contributed by atoms with van der Waals surface area (Å²) in [6.45, 7) is 2.67. The molecule has 0 radical (unpaired) electrons. The van der Waals surface area contributed by atoms with Crippen molar-refractivity contribution < 1.29 is 4.92 Å². The van der Waals surface area contributed by atoms with Crippen molar-refractivity contribution in [2.24, 2.45) is 5.92 Å². The van der Waals surface area contributed by atoms with Gasteiger partial charge in [0, 0.05) is 29.2 Å². The lowest BCUT2D eigenvalue weighted by Gasteiger charge is -2.28. The van der Waals surface area contributed by atoms with Crippen molar-refractivity contribution in [3.63, 3.8) is 0 Å². The fraction of sp³-hybridized carbons (Fsp3) is 0.600. The van der Waals surface area contributed by atoms with Gasteiger partial charge in [-0.3, -0.25) is 10.1 Å². The third-order valence-corrected chi connectivity index (χ3v) is 4.44. The van der Waals surface area contributed by atoms with Gasteiger partial charge < -0.3 is 5.32 Å². The molecule has 1 N–H and O–H groups in total. The average Bonchev–Trinajstić information content (AvgIpc) is 2.45. The van der Waals surface area contributed by atoms with Crippen molar-refractivity contribution in [1.29, 1.82) is 0 Å². The first-order valence-electron chi connectivity index (χ1n) is 7.24. The van der Waals surface area contributed by atoms with E-state index in [2.05, 4.69) is 12.2 Å². The van der Waals surface area contributed by atoms with Crippen LogP contribution < -0.4 is 5.32 Å². The summed E-state index contributed by atoms with van der Waals surface area (Å²) in [5, 5.41) is 15.0. The van der Waals surface area contributed by atoms with Gasteiger partial charge in [0.25, 0.3) is 5.69 Å². The first kappa shape index (κ1) is 15.3. The molecule has 0 aliphatic heterocycles. The van der Waals surface area contributed by atoms with Crippen LogP contribution in [0, 0.1) is 16.0 Å². The molecule has 1 aromatic rings. The SMILES string of the molecule is CC(NCc1cc(Cl)ccc1[N+](=O)[O-])C1CCCCC1. The third-order valence-electron chi connectivity index (χ3n) is 4.21. The van der Waals surface area contributed by atoms with E-state index in [1.54, 1.807) is 12.1 Å². The van der Waals surface area contributed by atoms with Crippen LogP contribution in [-0.4, -0.2) is 11.0 Å². The van der Waals surface area contributed by atoms with E-state index in [-0.39, 0.29) is 10.6 Å². The Labute approximate surface area is 124 Å². The van der Waals surface area contributed by atoms with E-state index in [0.29, 0.717) is 29.1 Å². The molecule has 0 amide bonds. The maximum atomic E-state index is 11.0. The van der Waals surface area contributed by atoms with Crippen LogP contribution >= 0.6 is 11.6 Å². The summed E-state index contributed by atoms with van der Waals surface area (Å²) >= 11 is 5.94. The summed E-state index contributed by atoms with van der Waals surface area (Å²) in [6, 6.07) is 5.10. The van der Waals surface area contributed by atoms with Crippen LogP contribution in [-0.2, 0) is 6.54 Å². The van der Waals surface area contributed by atoms with Gasteiger partial charge >= 0.3 is 0 Å². The minimum Gasteiger partial charge on any atom is -0.310 e. The number of nitro benzene ring substituents is 1. The largest absolute Gasteiger partial charge is 0.310 e.